The van der Waals surface area contributed by atoms with Gasteiger partial charge in [-0.3, -0.25) is 9.69 Å². The quantitative estimate of drug-likeness (QED) is 0.905. The predicted octanol–water partition coefficient (Wildman–Crippen LogP) is 3.51. The van der Waals surface area contributed by atoms with Gasteiger partial charge in [-0.2, -0.15) is 0 Å². The normalized spacial score (nSPS) is 23.5. The number of rotatable bonds is 2. The van der Waals surface area contributed by atoms with Gasteiger partial charge in [-0.05, 0) is 58.2 Å². The van der Waals surface area contributed by atoms with Crippen LogP contribution >= 0.6 is 0 Å². The van der Waals surface area contributed by atoms with Crippen LogP contribution in [0.15, 0.2) is 12.1 Å². The Morgan fingerprint density at radius 1 is 1.14 bits per heavy atom. The zero-order chi connectivity index (χ0) is 15.9. The Kier molecular flexibility index (Phi) is 4.16. The molecule has 21 heavy (non-hydrogen) atoms. The minimum absolute atomic E-state index is 0.00889. The molecule has 0 spiro atoms. The number of aliphatic carboxylic acids is 1. The van der Waals surface area contributed by atoms with Crippen LogP contribution in [0, 0.1) is 26.7 Å². The zero-order valence-corrected chi connectivity index (χ0v) is 14.0. The smallest absolute Gasteiger partial charge is 0.308 e. The van der Waals surface area contributed by atoms with E-state index in [0.29, 0.717) is 6.54 Å². The van der Waals surface area contributed by atoms with Gasteiger partial charge in [-0.15, -0.1) is 0 Å². The van der Waals surface area contributed by atoms with Gasteiger partial charge in [-0.1, -0.05) is 17.7 Å². The molecule has 2 atom stereocenters. The molecule has 0 aromatic heterocycles. The first-order valence-corrected chi connectivity index (χ1v) is 7.67. The van der Waals surface area contributed by atoms with Crippen molar-refractivity contribution in [1.82, 2.24) is 4.90 Å². The van der Waals surface area contributed by atoms with Gasteiger partial charge in [0.15, 0.2) is 0 Å². The van der Waals surface area contributed by atoms with Crippen molar-refractivity contribution in [2.24, 2.45) is 5.92 Å². The second-order valence-corrected chi connectivity index (χ2v) is 7.44. The topological polar surface area (TPSA) is 40.5 Å². The number of carboxylic acid groups (broad SMARTS) is 1. The molecule has 0 amide bonds. The van der Waals surface area contributed by atoms with Crippen LogP contribution in [0.5, 0.6) is 0 Å². The number of hydrogen-bond donors (Lipinski definition) is 1. The highest BCUT2D eigenvalue weighted by Crippen LogP contribution is 2.39. The van der Waals surface area contributed by atoms with Crippen LogP contribution < -0.4 is 0 Å². The molecule has 3 nitrogen and oxygen atoms in total. The lowest BCUT2D eigenvalue weighted by atomic mass is 9.83. The number of benzene rings is 1. The Bertz CT molecular complexity index is 534. The average molecular weight is 289 g/mol. The van der Waals surface area contributed by atoms with Gasteiger partial charge in [-0.25, -0.2) is 0 Å². The number of hydrogen-bond acceptors (Lipinski definition) is 2. The molecule has 2 rings (SSSR count). The van der Waals surface area contributed by atoms with E-state index >= 15 is 0 Å². The molecule has 1 saturated heterocycles. The van der Waals surface area contributed by atoms with Crippen molar-refractivity contribution in [2.45, 2.75) is 53.0 Å². The van der Waals surface area contributed by atoms with E-state index in [1.165, 1.54) is 22.3 Å². The highest BCUT2D eigenvalue weighted by atomic mass is 16.4. The molecule has 1 fully saturated rings. The van der Waals surface area contributed by atoms with Crippen molar-refractivity contribution in [2.75, 3.05) is 13.1 Å². The van der Waals surface area contributed by atoms with Crippen LogP contribution in [-0.4, -0.2) is 34.6 Å². The van der Waals surface area contributed by atoms with Gasteiger partial charge in [0.05, 0.1) is 5.92 Å². The monoisotopic (exact) mass is 289 g/mol. The molecule has 116 valence electrons. The Morgan fingerprint density at radius 2 is 1.67 bits per heavy atom. The van der Waals surface area contributed by atoms with Crippen LogP contribution in [0.1, 0.15) is 48.9 Å². The Labute approximate surface area is 128 Å². The number of carbonyl (C=O) groups is 1. The summed E-state index contributed by atoms with van der Waals surface area (Å²) in [5.74, 6) is -0.905. The summed E-state index contributed by atoms with van der Waals surface area (Å²) < 4.78 is 0. The van der Waals surface area contributed by atoms with Crippen LogP contribution in [0.3, 0.4) is 0 Å². The predicted molar refractivity (Wildman–Crippen MR) is 85.8 cm³/mol. The van der Waals surface area contributed by atoms with E-state index in [9.17, 15) is 9.90 Å². The van der Waals surface area contributed by atoms with Gasteiger partial charge in [0.25, 0.3) is 0 Å². The van der Waals surface area contributed by atoms with Gasteiger partial charge < -0.3 is 5.11 Å². The molecule has 0 saturated carbocycles. The van der Waals surface area contributed by atoms with Gasteiger partial charge in [0.2, 0.25) is 0 Å². The van der Waals surface area contributed by atoms with Crippen molar-refractivity contribution in [3.8, 4) is 0 Å². The lowest BCUT2D eigenvalue weighted by molar-refractivity contribution is -0.141. The maximum Gasteiger partial charge on any atom is 0.308 e. The maximum absolute atomic E-state index is 11.7. The first-order chi connectivity index (χ1) is 9.61. The van der Waals surface area contributed by atoms with Gasteiger partial charge >= 0.3 is 5.97 Å². The largest absolute Gasteiger partial charge is 0.481 e. The number of carboxylic acids is 1. The summed E-state index contributed by atoms with van der Waals surface area (Å²) in [6, 6.07) is 4.34. The summed E-state index contributed by atoms with van der Waals surface area (Å²) in [5, 5.41) is 9.64. The van der Waals surface area contributed by atoms with Crippen molar-refractivity contribution >= 4 is 5.97 Å². The van der Waals surface area contributed by atoms with E-state index in [2.05, 4.69) is 58.6 Å². The summed E-state index contributed by atoms with van der Waals surface area (Å²) in [6.07, 6.45) is 0. The summed E-state index contributed by atoms with van der Waals surface area (Å²) >= 11 is 0. The van der Waals surface area contributed by atoms with Gasteiger partial charge in [0, 0.05) is 24.5 Å². The lowest BCUT2D eigenvalue weighted by Crippen LogP contribution is -2.40. The zero-order valence-electron chi connectivity index (χ0n) is 14.0. The number of aryl methyl sites for hydroxylation is 3. The minimum Gasteiger partial charge on any atom is -0.481 e. The van der Waals surface area contributed by atoms with E-state index in [-0.39, 0.29) is 17.4 Å². The molecule has 0 aliphatic carbocycles. The molecule has 1 aliphatic rings. The van der Waals surface area contributed by atoms with Crippen molar-refractivity contribution in [1.29, 1.82) is 0 Å². The molecule has 1 heterocycles. The third-order valence-electron chi connectivity index (χ3n) is 4.69. The van der Waals surface area contributed by atoms with Gasteiger partial charge in [0.1, 0.15) is 0 Å². The molecule has 0 radical (unpaired) electrons. The standard InChI is InChI=1S/C18H27NO2/c1-11-7-12(2)16(13(3)8-11)14-9-19(18(4,5)6)10-15(14)17(20)21/h7-8,14-15H,9-10H2,1-6H3,(H,20,21)/t14-,15-/m0/s1. The molecular formula is C18H27NO2. The Hall–Kier alpha value is -1.35. The van der Waals surface area contributed by atoms with Crippen LogP contribution in [0.4, 0.5) is 0 Å². The third-order valence-corrected chi connectivity index (χ3v) is 4.69. The summed E-state index contributed by atoms with van der Waals surface area (Å²) in [7, 11) is 0. The Balaban J connectivity index is 2.44. The van der Waals surface area contributed by atoms with E-state index < -0.39 is 5.97 Å². The van der Waals surface area contributed by atoms with Crippen molar-refractivity contribution < 1.29 is 9.90 Å². The maximum atomic E-state index is 11.7. The van der Waals surface area contributed by atoms with Crippen LogP contribution in [0.25, 0.3) is 0 Å². The molecule has 1 aliphatic heterocycles. The molecular weight excluding hydrogens is 262 g/mol. The fourth-order valence-electron chi connectivity index (χ4n) is 3.67. The third kappa shape index (κ3) is 3.13. The second-order valence-electron chi connectivity index (χ2n) is 7.44. The molecule has 1 aromatic rings. The minimum atomic E-state index is -0.675. The van der Waals surface area contributed by atoms with E-state index in [4.69, 9.17) is 0 Å². The van der Waals surface area contributed by atoms with Crippen molar-refractivity contribution in [3.05, 3.63) is 34.4 Å². The summed E-state index contributed by atoms with van der Waals surface area (Å²) in [6.45, 7) is 14.2. The second kappa shape index (κ2) is 5.45. The fraction of sp³-hybridized carbons (Fsp3) is 0.611. The summed E-state index contributed by atoms with van der Waals surface area (Å²) in [4.78, 5) is 14.0. The summed E-state index contributed by atoms with van der Waals surface area (Å²) in [5.41, 5.74) is 4.93. The van der Waals surface area contributed by atoms with E-state index in [1.54, 1.807) is 0 Å². The Morgan fingerprint density at radius 3 is 2.10 bits per heavy atom. The van der Waals surface area contributed by atoms with Crippen LogP contribution in [-0.2, 0) is 4.79 Å². The first-order valence-electron chi connectivity index (χ1n) is 7.67. The average Bonchev–Trinajstić information content (AvgIpc) is 2.71. The SMILES string of the molecule is Cc1cc(C)c([C@H]2CN(C(C)(C)C)C[C@@H]2C(=O)O)c(C)c1. The van der Waals surface area contributed by atoms with Crippen LogP contribution in [0.2, 0.25) is 0 Å². The number of nitrogens with zero attached hydrogens (tertiary/aromatic N) is 1. The van der Waals surface area contributed by atoms with E-state index in [1.807, 2.05) is 0 Å². The highest BCUT2D eigenvalue weighted by molar-refractivity contribution is 5.72. The van der Waals surface area contributed by atoms with E-state index in [0.717, 1.165) is 6.54 Å². The molecule has 1 N–H and O–H groups in total. The highest BCUT2D eigenvalue weighted by Gasteiger charge is 2.42. The molecule has 1 aromatic carbocycles. The lowest BCUT2D eigenvalue weighted by Gasteiger charge is -2.32. The van der Waals surface area contributed by atoms with Crippen molar-refractivity contribution in [3.63, 3.8) is 0 Å². The number of likely N-dealkylation sites (tertiary alicyclic amines) is 1. The first kappa shape index (κ1) is 16.0. The molecule has 0 bridgehead atoms. The molecule has 0 unspecified atom stereocenters. The fourth-order valence-corrected chi connectivity index (χ4v) is 3.67. The molecule has 3 heteroatoms.